The van der Waals surface area contributed by atoms with Gasteiger partial charge in [-0.3, -0.25) is 0 Å². The molecule has 0 heterocycles. The number of rotatable bonds is 1. The van der Waals surface area contributed by atoms with E-state index in [0.29, 0.717) is 5.02 Å². The Bertz CT molecular complexity index is 331. The SMILES string of the molecule is Cc1cc(Br)cc(Cl)c1NC(N)=S. The molecule has 3 N–H and O–H groups in total. The van der Waals surface area contributed by atoms with Crippen LogP contribution < -0.4 is 11.1 Å². The van der Waals surface area contributed by atoms with E-state index in [1.807, 2.05) is 13.0 Å². The minimum Gasteiger partial charge on any atom is -0.376 e. The van der Waals surface area contributed by atoms with Crippen LogP contribution in [0, 0.1) is 6.92 Å². The summed E-state index contributed by atoms with van der Waals surface area (Å²) in [5.74, 6) is 0. The lowest BCUT2D eigenvalue weighted by Gasteiger charge is -2.10. The Morgan fingerprint density at radius 2 is 2.23 bits per heavy atom. The van der Waals surface area contributed by atoms with E-state index in [0.717, 1.165) is 15.7 Å². The standard InChI is InChI=1S/C8H8BrClN2S/c1-4-2-5(9)3-6(10)7(4)12-8(11)13/h2-3H,1H3,(H3,11,12,13). The third kappa shape index (κ3) is 2.83. The Balaban J connectivity index is 3.13. The second kappa shape index (κ2) is 4.26. The van der Waals surface area contributed by atoms with Gasteiger partial charge in [-0.15, -0.1) is 0 Å². The zero-order chi connectivity index (χ0) is 10.0. The van der Waals surface area contributed by atoms with E-state index < -0.39 is 0 Å². The van der Waals surface area contributed by atoms with Crippen LogP contribution in [0.3, 0.4) is 0 Å². The molecular formula is C8H8BrClN2S. The van der Waals surface area contributed by atoms with E-state index in [-0.39, 0.29) is 5.11 Å². The topological polar surface area (TPSA) is 38.0 Å². The molecule has 0 aliphatic heterocycles. The molecule has 0 spiro atoms. The third-order valence-electron chi connectivity index (χ3n) is 1.50. The number of anilines is 1. The molecule has 0 unspecified atom stereocenters. The molecular weight excluding hydrogens is 272 g/mol. The van der Waals surface area contributed by atoms with Gasteiger partial charge in [0.25, 0.3) is 0 Å². The van der Waals surface area contributed by atoms with E-state index in [1.165, 1.54) is 0 Å². The number of hydrogen-bond acceptors (Lipinski definition) is 1. The maximum absolute atomic E-state index is 5.97. The summed E-state index contributed by atoms with van der Waals surface area (Å²) in [7, 11) is 0. The molecule has 0 aliphatic rings. The van der Waals surface area contributed by atoms with Crippen molar-refractivity contribution in [3.63, 3.8) is 0 Å². The molecule has 0 saturated heterocycles. The molecule has 1 rings (SSSR count). The van der Waals surface area contributed by atoms with Gasteiger partial charge in [0.15, 0.2) is 5.11 Å². The lowest BCUT2D eigenvalue weighted by molar-refractivity contribution is 1.43. The summed E-state index contributed by atoms with van der Waals surface area (Å²) in [5.41, 5.74) is 7.10. The normalized spacial score (nSPS) is 9.77. The summed E-state index contributed by atoms with van der Waals surface area (Å²) in [5, 5.41) is 3.64. The maximum Gasteiger partial charge on any atom is 0.168 e. The van der Waals surface area contributed by atoms with Crippen LogP contribution in [0.1, 0.15) is 5.56 Å². The summed E-state index contributed by atoms with van der Waals surface area (Å²) in [4.78, 5) is 0. The van der Waals surface area contributed by atoms with Gasteiger partial charge in [0.2, 0.25) is 0 Å². The molecule has 0 amide bonds. The minimum atomic E-state index is 0.215. The summed E-state index contributed by atoms with van der Waals surface area (Å²) in [6.45, 7) is 1.93. The highest BCUT2D eigenvalue weighted by molar-refractivity contribution is 9.10. The van der Waals surface area contributed by atoms with Crippen molar-refractivity contribution in [1.82, 2.24) is 0 Å². The Hall–Kier alpha value is -0.320. The number of aryl methyl sites for hydroxylation is 1. The van der Waals surface area contributed by atoms with Gasteiger partial charge in [0.05, 0.1) is 10.7 Å². The highest BCUT2D eigenvalue weighted by atomic mass is 79.9. The van der Waals surface area contributed by atoms with Crippen LogP contribution in [0.4, 0.5) is 5.69 Å². The number of hydrogen-bond donors (Lipinski definition) is 2. The van der Waals surface area contributed by atoms with Crippen molar-refractivity contribution >= 4 is 50.5 Å². The van der Waals surface area contributed by atoms with Gasteiger partial charge in [-0.1, -0.05) is 27.5 Å². The van der Waals surface area contributed by atoms with Crippen LogP contribution in [-0.2, 0) is 0 Å². The second-order valence-electron chi connectivity index (χ2n) is 2.57. The summed E-state index contributed by atoms with van der Waals surface area (Å²) in [6, 6.07) is 3.72. The zero-order valence-electron chi connectivity index (χ0n) is 6.90. The molecule has 0 aliphatic carbocycles. The average Bonchev–Trinajstić information content (AvgIpc) is 1.96. The van der Waals surface area contributed by atoms with Gasteiger partial charge in [0.1, 0.15) is 0 Å². The summed E-state index contributed by atoms with van der Waals surface area (Å²) in [6.07, 6.45) is 0. The largest absolute Gasteiger partial charge is 0.376 e. The van der Waals surface area contributed by atoms with Crippen molar-refractivity contribution in [2.45, 2.75) is 6.92 Å². The van der Waals surface area contributed by atoms with Gasteiger partial charge >= 0.3 is 0 Å². The molecule has 0 fully saturated rings. The average molecular weight is 280 g/mol. The van der Waals surface area contributed by atoms with Crippen LogP contribution in [-0.4, -0.2) is 5.11 Å². The van der Waals surface area contributed by atoms with Gasteiger partial charge < -0.3 is 11.1 Å². The third-order valence-corrected chi connectivity index (χ3v) is 2.36. The molecule has 2 nitrogen and oxygen atoms in total. The van der Waals surface area contributed by atoms with Crippen LogP contribution in [0.2, 0.25) is 5.02 Å². The molecule has 0 saturated carbocycles. The van der Waals surface area contributed by atoms with Crippen LogP contribution in [0.15, 0.2) is 16.6 Å². The molecule has 0 radical (unpaired) electrons. The lowest BCUT2D eigenvalue weighted by atomic mass is 10.2. The summed E-state index contributed by atoms with van der Waals surface area (Å²) >= 11 is 14.0. The Labute approximate surface area is 95.6 Å². The highest BCUT2D eigenvalue weighted by Gasteiger charge is 2.05. The van der Waals surface area contributed by atoms with E-state index >= 15 is 0 Å². The summed E-state index contributed by atoms with van der Waals surface area (Å²) < 4.78 is 0.934. The second-order valence-corrected chi connectivity index (χ2v) is 4.33. The first kappa shape index (κ1) is 10.8. The Kier molecular flexibility index (Phi) is 3.53. The maximum atomic E-state index is 5.97. The van der Waals surface area contributed by atoms with E-state index in [1.54, 1.807) is 6.07 Å². The van der Waals surface area contributed by atoms with Crippen molar-refractivity contribution < 1.29 is 0 Å². The van der Waals surface area contributed by atoms with Gasteiger partial charge in [-0.05, 0) is 36.8 Å². The smallest absolute Gasteiger partial charge is 0.168 e. The highest BCUT2D eigenvalue weighted by Crippen LogP contribution is 2.29. The number of nitrogens with one attached hydrogen (secondary N) is 1. The molecule has 5 heteroatoms. The van der Waals surface area contributed by atoms with Gasteiger partial charge in [-0.2, -0.15) is 0 Å². The number of nitrogens with two attached hydrogens (primary N) is 1. The monoisotopic (exact) mass is 278 g/mol. The van der Waals surface area contributed by atoms with Crippen molar-refractivity contribution in [3.8, 4) is 0 Å². The molecule has 0 aromatic heterocycles. The Morgan fingerprint density at radius 3 is 2.69 bits per heavy atom. The van der Waals surface area contributed by atoms with Gasteiger partial charge in [-0.25, -0.2) is 0 Å². The molecule has 0 atom stereocenters. The number of thiocarbonyl (C=S) groups is 1. The Morgan fingerprint density at radius 1 is 1.62 bits per heavy atom. The van der Waals surface area contributed by atoms with Crippen molar-refractivity contribution in [3.05, 3.63) is 27.2 Å². The minimum absolute atomic E-state index is 0.215. The van der Waals surface area contributed by atoms with Crippen LogP contribution >= 0.6 is 39.7 Å². The predicted molar refractivity (Wildman–Crippen MR) is 64.3 cm³/mol. The fourth-order valence-corrected chi connectivity index (χ4v) is 2.10. The number of benzene rings is 1. The predicted octanol–water partition coefficient (Wildman–Crippen LogP) is 3.07. The molecule has 13 heavy (non-hydrogen) atoms. The molecule has 1 aromatic rings. The van der Waals surface area contributed by atoms with Crippen LogP contribution in [0.5, 0.6) is 0 Å². The molecule has 70 valence electrons. The van der Waals surface area contributed by atoms with E-state index in [4.69, 9.17) is 29.6 Å². The van der Waals surface area contributed by atoms with Crippen molar-refractivity contribution in [2.24, 2.45) is 5.73 Å². The zero-order valence-corrected chi connectivity index (χ0v) is 10.1. The first-order valence-electron chi connectivity index (χ1n) is 3.53. The molecule has 1 aromatic carbocycles. The fraction of sp³-hybridized carbons (Fsp3) is 0.125. The lowest BCUT2D eigenvalue weighted by Crippen LogP contribution is -2.19. The quantitative estimate of drug-likeness (QED) is 0.776. The first-order valence-corrected chi connectivity index (χ1v) is 5.10. The number of halogens is 2. The van der Waals surface area contributed by atoms with Crippen LogP contribution in [0.25, 0.3) is 0 Å². The first-order chi connectivity index (χ1) is 6.00. The van der Waals surface area contributed by atoms with E-state index in [2.05, 4.69) is 21.2 Å². The molecule has 0 bridgehead atoms. The fourth-order valence-electron chi connectivity index (χ4n) is 0.984. The van der Waals surface area contributed by atoms with E-state index in [9.17, 15) is 0 Å². The van der Waals surface area contributed by atoms with Gasteiger partial charge in [0, 0.05) is 4.47 Å². The van der Waals surface area contributed by atoms with Crippen molar-refractivity contribution in [1.29, 1.82) is 0 Å². The van der Waals surface area contributed by atoms with Crippen molar-refractivity contribution in [2.75, 3.05) is 5.32 Å².